The van der Waals surface area contributed by atoms with Crippen LogP contribution in [0.15, 0.2) is 18.6 Å². The number of nitrogens with zero attached hydrogens (tertiary/aromatic N) is 5. The molecule has 1 amide bonds. The van der Waals surface area contributed by atoms with Gasteiger partial charge in [-0.15, -0.1) is 0 Å². The van der Waals surface area contributed by atoms with E-state index < -0.39 is 6.09 Å². The molecular weight excluding hydrogens is 400 g/mol. The van der Waals surface area contributed by atoms with Crippen molar-refractivity contribution < 1.29 is 19.4 Å². The lowest BCUT2D eigenvalue weighted by atomic mass is 10.1. The van der Waals surface area contributed by atoms with Gasteiger partial charge in [-0.2, -0.15) is 0 Å². The van der Waals surface area contributed by atoms with Crippen molar-refractivity contribution in [1.29, 1.82) is 0 Å². The molecule has 0 unspecified atom stereocenters. The predicted molar refractivity (Wildman–Crippen MR) is 115 cm³/mol. The molecule has 2 aromatic rings. The van der Waals surface area contributed by atoms with Crippen LogP contribution >= 0.6 is 0 Å². The molecule has 0 radical (unpaired) electrons. The van der Waals surface area contributed by atoms with Gasteiger partial charge in [-0.25, -0.2) is 19.7 Å². The van der Waals surface area contributed by atoms with Crippen molar-refractivity contribution >= 4 is 23.4 Å². The van der Waals surface area contributed by atoms with Gasteiger partial charge in [0.1, 0.15) is 24.1 Å². The molecule has 2 aliphatic rings. The van der Waals surface area contributed by atoms with Gasteiger partial charge in [0.05, 0.1) is 30.7 Å². The highest BCUT2D eigenvalue weighted by Crippen LogP contribution is 2.28. The maximum absolute atomic E-state index is 11.1. The summed E-state index contributed by atoms with van der Waals surface area (Å²) in [6, 6.07) is 2.07. The summed E-state index contributed by atoms with van der Waals surface area (Å²) in [5, 5.41) is 12.4. The summed E-state index contributed by atoms with van der Waals surface area (Å²) in [5.41, 5.74) is 2.75. The minimum absolute atomic E-state index is 0.0618. The third-order valence-corrected chi connectivity index (χ3v) is 5.71. The second-order valence-corrected chi connectivity index (χ2v) is 7.82. The monoisotopic (exact) mass is 428 g/mol. The first-order valence-corrected chi connectivity index (χ1v) is 10.5. The Labute approximate surface area is 181 Å². The Hall–Kier alpha value is -3.14. The van der Waals surface area contributed by atoms with Crippen LogP contribution in [-0.2, 0) is 4.74 Å². The minimum Gasteiger partial charge on any atom is -0.474 e. The molecular formula is C21H28N6O4. The number of ether oxygens (including phenoxy) is 2. The number of carbonyl (C=O) groups is 1. The zero-order valence-corrected chi connectivity index (χ0v) is 17.9. The highest BCUT2D eigenvalue weighted by molar-refractivity contribution is 5.65. The number of pyridine rings is 1. The average molecular weight is 428 g/mol. The van der Waals surface area contributed by atoms with Crippen molar-refractivity contribution in [2.24, 2.45) is 0 Å². The fraction of sp³-hybridized carbons (Fsp3) is 0.524. The number of likely N-dealkylation sites (tertiary alicyclic amines) is 1. The van der Waals surface area contributed by atoms with Gasteiger partial charge in [0.25, 0.3) is 0 Å². The number of amides is 1. The molecule has 2 N–H and O–H groups in total. The molecule has 0 bridgehead atoms. The quantitative estimate of drug-likeness (QED) is 0.742. The number of anilines is 3. The van der Waals surface area contributed by atoms with E-state index in [4.69, 9.17) is 14.6 Å². The van der Waals surface area contributed by atoms with Gasteiger partial charge < -0.3 is 29.7 Å². The number of aryl methyl sites for hydroxylation is 1. The number of carboxylic acid groups (broad SMARTS) is 1. The number of rotatable bonds is 5. The molecule has 2 saturated heterocycles. The highest BCUT2D eigenvalue weighted by atomic mass is 16.5. The minimum atomic E-state index is -0.883. The third kappa shape index (κ3) is 4.96. The van der Waals surface area contributed by atoms with Crippen LogP contribution in [0, 0.1) is 13.8 Å². The van der Waals surface area contributed by atoms with E-state index in [0.717, 1.165) is 48.9 Å². The summed E-state index contributed by atoms with van der Waals surface area (Å²) in [6.45, 7) is 8.02. The Morgan fingerprint density at radius 2 is 1.90 bits per heavy atom. The highest BCUT2D eigenvalue weighted by Gasteiger charge is 2.24. The fourth-order valence-electron chi connectivity index (χ4n) is 3.77. The molecule has 31 heavy (non-hydrogen) atoms. The van der Waals surface area contributed by atoms with Crippen LogP contribution in [0.25, 0.3) is 0 Å². The van der Waals surface area contributed by atoms with Crippen LogP contribution < -0.4 is 15.0 Å². The van der Waals surface area contributed by atoms with Crippen molar-refractivity contribution in [3.63, 3.8) is 0 Å². The van der Waals surface area contributed by atoms with E-state index in [1.165, 1.54) is 11.2 Å². The molecule has 0 spiro atoms. The summed E-state index contributed by atoms with van der Waals surface area (Å²) < 4.78 is 11.5. The molecule has 10 heteroatoms. The average Bonchev–Trinajstić information content (AvgIpc) is 2.78. The van der Waals surface area contributed by atoms with Crippen LogP contribution in [-0.4, -0.2) is 76.5 Å². The van der Waals surface area contributed by atoms with Crippen molar-refractivity contribution in [1.82, 2.24) is 19.9 Å². The second kappa shape index (κ2) is 9.34. The van der Waals surface area contributed by atoms with Gasteiger partial charge in [0.15, 0.2) is 0 Å². The van der Waals surface area contributed by atoms with Crippen LogP contribution in [0.1, 0.15) is 24.0 Å². The van der Waals surface area contributed by atoms with E-state index in [9.17, 15) is 4.79 Å². The number of morpholine rings is 1. The van der Waals surface area contributed by atoms with Gasteiger partial charge in [-0.3, -0.25) is 0 Å². The molecule has 0 aromatic carbocycles. The SMILES string of the molecule is Cc1cc(N2CCOCC2)ncc1Nc1ncnc(OC2CCN(C(=O)O)CC2)c1C. The van der Waals surface area contributed by atoms with E-state index in [1.54, 1.807) is 0 Å². The van der Waals surface area contributed by atoms with Gasteiger partial charge in [0, 0.05) is 39.0 Å². The zero-order valence-electron chi connectivity index (χ0n) is 17.9. The first kappa shape index (κ1) is 21.1. The second-order valence-electron chi connectivity index (χ2n) is 7.82. The topological polar surface area (TPSA) is 113 Å². The summed E-state index contributed by atoms with van der Waals surface area (Å²) in [4.78, 5) is 28.0. The molecule has 4 heterocycles. The summed E-state index contributed by atoms with van der Waals surface area (Å²) in [5.74, 6) is 2.13. The van der Waals surface area contributed by atoms with Crippen molar-refractivity contribution in [3.05, 3.63) is 29.7 Å². The van der Waals surface area contributed by atoms with E-state index >= 15 is 0 Å². The molecule has 10 nitrogen and oxygen atoms in total. The Morgan fingerprint density at radius 3 is 2.58 bits per heavy atom. The summed E-state index contributed by atoms with van der Waals surface area (Å²) >= 11 is 0. The first-order valence-electron chi connectivity index (χ1n) is 10.5. The van der Waals surface area contributed by atoms with E-state index in [1.807, 2.05) is 20.0 Å². The maximum Gasteiger partial charge on any atom is 0.407 e. The van der Waals surface area contributed by atoms with E-state index in [-0.39, 0.29) is 6.10 Å². The largest absolute Gasteiger partial charge is 0.474 e. The Kier molecular flexibility index (Phi) is 6.36. The van der Waals surface area contributed by atoms with Crippen LogP contribution in [0.3, 0.4) is 0 Å². The first-order chi connectivity index (χ1) is 15.0. The molecule has 166 valence electrons. The Morgan fingerprint density at radius 1 is 1.16 bits per heavy atom. The zero-order chi connectivity index (χ0) is 21.8. The Bertz CT molecular complexity index is 926. The lowest BCUT2D eigenvalue weighted by molar-refractivity contribution is 0.0866. The molecule has 2 aliphatic heterocycles. The normalized spacial score (nSPS) is 17.5. The lowest BCUT2D eigenvalue weighted by Gasteiger charge is -2.30. The standard InChI is InChI=1S/C21H28N6O4/c1-14-11-18(26-7-9-30-10-8-26)22-12-17(14)25-19-15(2)20(24-13-23-19)31-16-3-5-27(6-4-16)21(28)29/h11-13,16H,3-10H2,1-2H3,(H,28,29)(H,23,24,25). The van der Waals surface area contributed by atoms with Gasteiger partial charge in [-0.05, 0) is 25.5 Å². The summed E-state index contributed by atoms with van der Waals surface area (Å²) in [6.07, 6.45) is 3.64. The molecule has 0 saturated carbocycles. The van der Waals surface area contributed by atoms with Crippen molar-refractivity contribution in [2.75, 3.05) is 49.6 Å². The van der Waals surface area contributed by atoms with Crippen molar-refractivity contribution in [2.45, 2.75) is 32.8 Å². The van der Waals surface area contributed by atoms with Gasteiger partial charge in [0.2, 0.25) is 5.88 Å². The van der Waals surface area contributed by atoms with Crippen LogP contribution in [0.2, 0.25) is 0 Å². The number of aromatic nitrogens is 3. The van der Waals surface area contributed by atoms with Crippen LogP contribution in [0.5, 0.6) is 5.88 Å². The molecule has 2 aromatic heterocycles. The van der Waals surface area contributed by atoms with E-state index in [2.05, 4.69) is 31.2 Å². The van der Waals surface area contributed by atoms with E-state index in [0.29, 0.717) is 37.6 Å². The summed E-state index contributed by atoms with van der Waals surface area (Å²) in [7, 11) is 0. The number of nitrogens with one attached hydrogen (secondary N) is 1. The maximum atomic E-state index is 11.1. The molecule has 0 aliphatic carbocycles. The molecule has 4 rings (SSSR count). The molecule has 2 fully saturated rings. The fourth-order valence-corrected chi connectivity index (χ4v) is 3.77. The smallest absolute Gasteiger partial charge is 0.407 e. The third-order valence-electron chi connectivity index (χ3n) is 5.71. The number of piperidine rings is 1. The Balaban J connectivity index is 1.43. The van der Waals surface area contributed by atoms with Crippen LogP contribution in [0.4, 0.5) is 22.1 Å². The van der Waals surface area contributed by atoms with Gasteiger partial charge >= 0.3 is 6.09 Å². The van der Waals surface area contributed by atoms with Crippen molar-refractivity contribution in [3.8, 4) is 5.88 Å². The molecule has 0 atom stereocenters. The number of hydrogen-bond acceptors (Lipinski definition) is 8. The predicted octanol–water partition coefficient (Wildman–Crippen LogP) is 2.59. The number of hydrogen-bond donors (Lipinski definition) is 2. The lowest BCUT2D eigenvalue weighted by Crippen LogP contribution is -2.41. The van der Waals surface area contributed by atoms with Gasteiger partial charge in [-0.1, -0.05) is 0 Å².